The summed E-state index contributed by atoms with van der Waals surface area (Å²) < 4.78 is 1.06. The lowest BCUT2D eigenvalue weighted by molar-refractivity contribution is -0.123. The van der Waals surface area contributed by atoms with Crippen LogP contribution in [0.15, 0.2) is 28.7 Å². The van der Waals surface area contributed by atoms with Crippen molar-refractivity contribution in [2.75, 3.05) is 13.1 Å². The number of piperidine rings is 1. The molecule has 1 aromatic rings. The SMILES string of the molecule is CC(NC(=O)CC(C)C1CCNCC1)c1ccc(Br)cc1. The standard InChI is InChI=1S/C17H25BrN2O/c1-12(14-7-9-19-10-8-14)11-17(21)20-13(2)15-3-5-16(18)6-4-15/h3-6,12-14,19H,7-11H2,1-2H3,(H,20,21). The van der Waals surface area contributed by atoms with Crippen LogP contribution in [0.25, 0.3) is 0 Å². The first-order valence-electron chi connectivity index (χ1n) is 7.82. The number of nitrogens with one attached hydrogen (secondary N) is 2. The minimum absolute atomic E-state index is 0.0609. The number of hydrogen-bond donors (Lipinski definition) is 2. The summed E-state index contributed by atoms with van der Waals surface area (Å²) in [6, 6.07) is 8.17. The van der Waals surface area contributed by atoms with Crippen LogP contribution in [0.1, 0.15) is 44.7 Å². The maximum atomic E-state index is 12.2. The van der Waals surface area contributed by atoms with Gasteiger partial charge in [-0.25, -0.2) is 0 Å². The lowest BCUT2D eigenvalue weighted by atomic mass is 9.84. The van der Waals surface area contributed by atoms with Crippen LogP contribution < -0.4 is 10.6 Å². The van der Waals surface area contributed by atoms with Crippen LogP contribution >= 0.6 is 15.9 Å². The highest BCUT2D eigenvalue weighted by Gasteiger charge is 2.22. The van der Waals surface area contributed by atoms with Crippen molar-refractivity contribution in [3.8, 4) is 0 Å². The molecule has 0 spiro atoms. The third-order valence-corrected chi connectivity index (χ3v) is 4.97. The van der Waals surface area contributed by atoms with Crippen molar-refractivity contribution in [1.82, 2.24) is 10.6 Å². The van der Waals surface area contributed by atoms with Crippen molar-refractivity contribution >= 4 is 21.8 Å². The van der Waals surface area contributed by atoms with Gasteiger partial charge in [0.1, 0.15) is 0 Å². The average Bonchev–Trinajstić information content (AvgIpc) is 2.48. The molecule has 0 radical (unpaired) electrons. The second-order valence-electron chi connectivity index (χ2n) is 6.11. The Kier molecular flexibility index (Phi) is 6.24. The molecule has 2 atom stereocenters. The predicted octanol–water partition coefficient (Wildman–Crippen LogP) is 3.65. The molecule has 4 heteroatoms. The number of benzene rings is 1. The molecule has 1 amide bonds. The predicted molar refractivity (Wildman–Crippen MR) is 90.1 cm³/mol. The van der Waals surface area contributed by atoms with E-state index in [-0.39, 0.29) is 11.9 Å². The Labute approximate surface area is 136 Å². The molecule has 0 bridgehead atoms. The van der Waals surface area contributed by atoms with Gasteiger partial charge in [-0.15, -0.1) is 0 Å². The van der Waals surface area contributed by atoms with Gasteiger partial charge < -0.3 is 10.6 Å². The molecule has 0 aromatic heterocycles. The molecule has 3 nitrogen and oxygen atoms in total. The van der Waals surface area contributed by atoms with Crippen LogP contribution in [0, 0.1) is 11.8 Å². The number of amides is 1. The molecule has 1 fully saturated rings. The Morgan fingerprint density at radius 3 is 2.52 bits per heavy atom. The molecule has 2 rings (SSSR count). The van der Waals surface area contributed by atoms with Crippen LogP contribution in [-0.4, -0.2) is 19.0 Å². The molecular formula is C17H25BrN2O. The number of halogens is 1. The summed E-state index contributed by atoms with van der Waals surface area (Å²) in [5, 5.41) is 6.49. The molecular weight excluding hydrogens is 328 g/mol. The first-order chi connectivity index (χ1) is 10.1. The van der Waals surface area contributed by atoms with Crippen LogP contribution in [-0.2, 0) is 4.79 Å². The molecule has 2 unspecified atom stereocenters. The van der Waals surface area contributed by atoms with E-state index in [2.05, 4.69) is 33.5 Å². The van der Waals surface area contributed by atoms with Gasteiger partial charge in [0.05, 0.1) is 6.04 Å². The molecule has 1 aromatic carbocycles. The Morgan fingerprint density at radius 2 is 1.90 bits per heavy atom. The fourth-order valence-corrected chi connectivity index (χ4v) is 3.27. The molecule has 21 heavy (non-hydrogen) atoms. The van der Waals surface area contributed by atoms with Crippen molar-refractivity contribution < 1.29 is 4.79 Å². The molecule has 1 heterocycles. The first kappa shape index (κ1) is 16.5. The van der Waals surface area contributed by atoms with Gasteiger partial charge in [0.25, 0.3) is 0 Å². The summed E-state index contributed by atoms with van der Waals surface area (Å²) in [5.41, 5.74) is 1.14. The molecule has 0 aliphatic carbocycles. The number of carbonyl (C=O) groups is 1. The summed E-state index contributed by atoms with van der Waals surface area (Å²) in [5.74, 6) is 1.31. The van der Waals surface area contributed by atoms with E-state index >= 15 is 0 Å². The minimum Gasteiger partial charge on any atom is -0.350 e. The third-order valence-electron chi connectivity index (χ3n) is 4.44. The zero-order valence-electron chi connectivity index (χ0n) is 12.9. The van der Waals surface area contributed by atoms with E-state index in [1.165, 1.54) is 12.8 Å². The Hall–Kier alpha value is -0.870. The topological polar surface area (TPSA) is 41.1 Å². The Bertz CT molecular complexity index is 454. The molecule has 2 N–H and O–H groups in total. The van der Waals surface area contributed by atoms with E-state index in [1.54, 1.807) is 0 Å². The van der Waals surface area contributed by atoms with Crippen molar-refractivity contribution in [3.05, 3.63) is 34.3 Å². The van der Waals surface area contributed by atoms with E-state index < -0.39 is 0 Å². The van der Waals surface area contributed by atoms with Gasteiger partial charge in [-0.3, -0.25) is 4.79 Å². The lowest BCUT2D eigenvalue weighted by Crippen LogP contribution is -2.34. The van der Waals surface area contributed by atoms with Gasteiger partial charge in [0.15, 0.2) is 0 Å². The zero-order chi connectivity index (χ0) is 15.2. The normalized spacial score (nSPS) is 19.0. The molecule has 1 saturated heterocycles. The summed E-state index contributed by atoms with van der Waals surface area (Å²) in [4.78, 5) is 12.2. The second kappa shape index (κ2) is 7.95. The van der Waals surface area contributed by atoms with Gasteiger partial charge in [-0.2, -0.15) is 0 Å². The van der Waals surface area contributed by atoms with Gasteiger partial charge >= 0.3 is 0 Å². The number of carbonyl (C=O) groups excluding carboxylic acids is 1. The minimum atomic E-state index is 0.0609. The van der Waals surface area contributed by atoms with Gasteiger partial charge in [-0.1, -0.05) is 35.0 Å². The van der Waals surface area contributed by atoms with E-state index in [9.17, 15) is 4.79 Å². The van der Waals surface area contributed by atoms with Crippen molar-refractivity contribution in [1.29, 1.82) is 0 Å². The van der Waals surface area contributed by atoms with Crippen LogP contribution in [0.2, 0.25) is 0 Å². The number of hydrogen-bond acceptors (Lipinski definition) is 2. The third kappa shape index (κ3) is 5.11. The number of rotatable bonds is 5. The highest BCUT2D eigenvalue weighted by Crippen LogP contribution is 2.24. The maximum Gasteiger partial charge on any atom is 0.220 e. The smallest absolute Gasteiger partial charge is 0.220 e. The van der Waals surface area contributed by atoms with Gasteiger partial charge in [-0.05, 0) is 62.4 Å². The van der Waals surface area contributed by atoms with Crippen molar-refractivity contribution in [2.45, 2.75) is 39.2 Å². The monoisotopic (exact) mass is 352 g/mol. The summed E-state index contributed by atoms with van der Waals surface area (Å²) >= 11 is 3.43. The average molecular weight is 353 g/mol. The molecule has 1 aliphatic heterocycles. The summed E-state index contributed by atoms with van der Waals surface area (Å²) in [7, 11) is 0. The van der Waals surface area contributed by atoms with Crippen molar-refractivity contribution in [3.63, 3.8) is 0 Å². The highest BCUT2D eigenvalue weighted by molar-refractivity contribution is 9.10. The fraction of sp³-hybridized carbons (Fsp3) is 0.588. The maximum absolute atomic E-state index is 12.2. The van der Waals surface area contributed by atoms with Gasteiger partial charge in [0, 0.05) is 10.9 Å². The van der Waals surface area contributed by atoms with Gasteiger partial charge in [0.2, 0.25) is 5.91 Å². The van der Waals surface area contributed by atoms with Crippen LogP contribution in [0.4, 0.5) is 0 Å². The summed E-state index contributed by atoms with van der Waals surface area (Å²) in [6.45, 7) is 6.42. The quantitative estimate of drug-likeness (QED) is 0.848. The Balaban J connectivity index is 1.81. The zero-order valence-corrected chi connectivity index (χ0v) is 14.4. The van der Waals surface area contributed by atoms with Crippen molar-refractivity contribution in [2.24, 2.45) is 11.8 Å². The molecule has 0 saturated carbocycles. The summed E-state index contributed by atoms with van der Waals surface area (Å²) in [6.07, 6.45) is 3.01. The van der Waals surface area contributed by atoms with E-state index in [4.69, 9.17) is 0 Å². The van der Waals surface area contributed by atoms with E-state index in [1.807, 2.05) is 31.2 Å². The lowest BCUT2D eigenvalue weighted by Gasteiger charge is -2.28. The highest BCUT2D eigenvalue weighted by atomic mass is 79.9. The largest absolute Gasteiger partial charge is 0.350 e. The second-order valence-corrected chi connectivity index (χ2v) is 7.03. The molecule has 116 valence electrons. The first-order valence-corrected chi connectivity index (χ1v) is 8.61. The van der Waals surface area contributed by atoms with Crippen LogP contribution in [0.3, 0.4) is 0 Å². The fourth-order valence-electron chi connectivity index (χ4n) is 3.01. The van der Waals surface area contributed by atoms with E-state index in [0.717, 1.165) is 23.1 Å². The van der Waals surface area contributed by atoms with E-state index in [0.29, 0.717) is 18.3 Å². The van der Waals surface area contributed by atoms with Crippen LogP contribution in [0.5, 0.6) is 0 Å². The molecule has 1 aliphatic rings. The Morgan fingerprint density at radius 1 is 1.29 bits per heavy atom.